The van der Waals surface area contributed by atoms with E-state index in [2.05, 4.69) is 313 Å². The molecule has 6 heterocycles. The van der Waals surface area contributed by atoms with Gasteiger partial charge in [-0.05, 0) is 220 Å². The van der Waals surface area contributed by atoms with Crippen molar-refractivity contribution in [1.82, 2.24) is 28.7 Å². The van der Waals surface area contributed by atoms with E-state index in [1.165, 1.54) is 15.7 Å². The van der Waals surface area contributed by atoms with Crippen molar-refractivity contribution in [3.05, 3.63) is 379 Å². The van der Waals surface area contributed by atoms with Crippen LogP contribution in [-0.2, 0) is 32.5 Å². The molecule has 20 aromatic rings. The standard InChI is InChI=1S/C123H111BN8/c1-118(2,3)81-52-60-104-95(64-81)96-65-82(119(4,5)6)53-61-105(96)129(104)88-57-59-100-108(73-88)131(113-92(76-38-24-19-25-39-76)68-85(122(13,14)15)69-93(113)77-40-26-20-27-41-77)110-74-89(130-106-62-54-83(120(7,8)9)66-97(106)98-67-84(121(10,11)12)55-63-107(98)130)75-111-112(110)124(100)101-58-56-87(128-102-50-36-34-48-90(102)91-49-35-37-51-103(91)128)72-109(101)132(111)114-94(78-42-28-21-29-43-78)70-86(123(16,17)18)71-99(114)117-126-115(79-44-30-22-31-45-79)125-116(127-117)80-46-32-23-33-47-80/h19-75H,1-18H3/i22D,23D,30D,31D,32D,33D,34D,35D,36D,37D,44D,45D,46D,47D,48D,49D,50D,51D. The van der Waals surface area contributed by atoms with Gasteiger partial charge >= 0.3 is 0 Å². The Morgan fingerprint density at radius 1 is 0.235 bits per heavy atom. The van der Waals surface area contributed by atoms with Crippen LogP contribution in [0, 0.1) is 0 Å². The normalized spacial score (nSPS) is 15.1. The van der Waals surface area contributed by atoms with Crippen LogP contribution in [0.2, 0.25) is 0 Å². The second-order valence-electron chi connectivity index (χ2n) is 41.6. The van der Waals surface area contributed by atoms with Gasteiger partial charge in [-0.1, -0.05) is 349 Å². The number of benzene rings is 16. The first kappa shape index (κ1) is 65.2. The van der Waals surface area contributed by atoms with Crippen LogP contribution in [0.15, 0.2) is 345 Å². The molecule has 0 saturated heterocycles. The molecule has 16 aromatic carbocycles. The third-order valence-corrected chi connectivity index (χ3v) is 26.8. The molecule has 0 N–H and O–H groups in total. The lowest BCUT2D eigenvalue weighted by Crippen LogP contribution is -2.61. The molecule has 0 bridgehead atoms. The largest absolute Gasteiger partial charge is 0.310 e. The van der Waals surface area contributed by atoms with Crippen LogP contribution in [0.1, 0.15) is 183 Å². The second-order valence-corrected chi connectivity index (χ2v) is 41.6. The van der Waals surface area contributed by atoms with Gasteiger partial charge < -0.3 is 23.5 Å². The average molecular weight is 1730 g/mol. The van der Waals surface area contributed by atoms with E-state index in [9.17, 15) is 21.9 Å². The Labute approximate surface area is 802 Å². The van der Waals surface area contributed by atoms with E-state index >= 15 is 0 Å². The van der Waals surface area contributed by atoms with Crippen molar-refractivity contribution in [1.29, 1.82) is 0 Å². The van der Waals surface area contributed by atoms with Crippen LogP contribution in [-0.4, -0.2) is 35.4 Å². The number of fused-ring (bicyclic) bond motifs is 13. The minimum absolute atomic E-state index is 0.141. The van der Waals surface area contributed by atoms with E-state index < -0.39 is 149 Å². The highest BCUT2D eigenvalue weighted by atomic mass is 15.2. The highest BCUT2D eigenvalue weighted by molar-refractivity contribution is 7.00. The summed E-state index contributed by atoms with van der Waals surface area (Å²) in [6.07, 6.45) is 0. The molecule has 0 aliphatic carbocycles. The number of hydrogen-bond donors (Lipinski definition) is 0. The minimum atomic E-state index is -0.878. The average Bonchev–Trinajstić information content (AvgIpc) is 1.13. The van der Waals surface area contributed by atoms with Crippen LogP contribution < -0.4 is 26.2 Å². The number of hydrogen-bond acceptors (Lipinski definition) is 5. The fourth-order valence-corrected chi connectivity index (χ4v) is 19.7. The maximum atomic E-state index is 10.2. The van der Waals surface area contributed by atoms with E-state index in [1.807, 2.05) is 66.7 Å². The molecule has 0 unspecified atom stereocenters. The van der Waals surface area contributed by atoms with Crippen molar-refractivity contribution in [2.75, 3.05) is 9.80 Å². The molecule has 8 nitrogen and oxygen atoms in total. The summed E-state index contributed by atoms with van der Waals surface area (Å²) in [5.41, 5.74) is 18.5. The Morgan fingerprint density at radius 2 is 0.530 bits per heavy atom. The predicted molar refractivity (Wildman–Crippen MR) is 562 cm³/mol. The molecular formula is C123H111BN8. The van der Waals surface area contributed by atoms with Crippen molar-refractivity contribution in [3.63, 3.8) is 0 Å². The molecule has 646 valence electrons. The Balaban J connectivity index is 1.01. The quantitative estimate of drug-likeness (QED) is 0.121. The Hall–Kier alpha value is -14.4. The van der Waals surface area contributed by atoms with Crippen LogP contribution >= 0.6 is 0 Å². The van der Waals surface area contributed by atoms with Crippen molar-refractivity contribution in [2.24, 2.45) is 0 Å². The van der Waals surface area contributed by atoms with E-state index in [0.717, 1.165) is 111 Å². The fraction of sp³-hybridized carbons (Fsp3) is 0.195. The molecule has 0 saturated carbocycles. The van der Waals surface area contributed by atoms with Crippen LogP contribution in [0.3, 0.4) is 0 Å². The summed E-state index contributed by atoms with van der Waals surface area (Å²) in [5, 5.41) is 3.81. The first-order chi connectivity index (χ1) is 70.7. The van der Waals surface area contributed by atoms with E-state index in [-0.39, 0.29) is 60.5 Å². The third-order valence-electron chi connectivity index (χ3n) is 26.8. The number of rotatable bonds is 11. The van der Waals surface area contributed by atoms with Gasteiger partial charge in [-0.15, -0.1) is 0 Å². The maximum Gasteiger partial charge on any atom is 0.252 e. The SMILES string of the molecule is [2H]c1c([2H])c([2H])c(-c2nc(-c3cc(C(C)(C)C)cc(-c4ccccc4)c3N3c4cc(-n5c6c([2H])c([2H])c([2H])c([2H])c6c6c([2H])c([2H])c([2H])c([2H])c65)ccc4B4c5ccc(-n6c7ccc(C(C)(C)C)cc7c7cc(C(C)(C)C)ccc76)cc5N(c5c(-c6ccccc6)cc(C(C)(C)C)cc5-c5ccccc5)c5cc(-n6c7ccc(C(C)(C)C)cc7c7cc(C(C)(C)C)ccc76)cc3c54)nc(-c3c([2H])c([2H])c([2H])c([2H])c3[2H])n2)c([2H])c1[2H]. The molecule has 0 atom stereocenters. The Bertz CT molecular complexity index is 8820. The zero-order chi connectivity index (χ0) is 107. The van der Waals surface area contributed by atoms with Crippen LogP contribution in [0.25, 0.3) is 150 Å². The van der Waals surface area contributed by atoms with Crippen molar-refractivity contribution in [2.45, 2.75) is 157 Å². The molecule has 2 aliphatic heterocycles. The molecule has 2 aliphatic rings. The smallest absolute Gasteiger partial charge is 0.252 e. The van der Waals surface area contributed by atoms with Gasteiger partial charge in [0.15, 0.2) is 17.5 Å². The molecule has 22 rings (SSSR count). The van der Waals surface area contributed by atoms with E-state index in [1.54, 1.807) is 0 Å². The number of nitrogens with zero attached hydrogens (tertiary/aromatic N) is 8. The summed E-state index contributed by atoms with van der Waals surface area (Å²) in [5.74, 6) is -1.28. The fourth-order valence-electron chi connectivity index (χ4n) is 19.7. The molecule has 4 aromatic heterocycles. The van der Waals surface area contributed by atoms with E-state index in [0.29, 0.717) is 50.6 Å². The highest BCUT2D eigenvalue weighted by Crippen LogP contribution is 2.57. The molecule has 0 amide bonds. The lowest BCUT2D eigenvalue weighted by Gasteiger charge is -2.46. The molecule has 132 heavy (non-hydrogen) atoms. The predicted octanol–water partition coefficient (Wildman–Crippen LogP) is 31.0. The molecular weight excluding hydrogens is 1600 g/mol. The monoisotopic (exact) mass is 1730 g/mol. The first-order valence-corrected chi connectivity index (χ1v) is 45.4. The lowest BCUT2D eigenvalue weighted by molar-refractivity contribution is 0.590. The van der Waals surface area contributed by atoms with Crippen molar-refractivity contribution < 1.29 is 24.7 Å². The molecule has 0 radical (unpaired) electrons. The molecule has 9 heteroatoms. The van der Waals surface area contributed by atoms with Gasteiger partial charge in [0.05, 0.1) is 74.8 Å². The van der Waals surface area contributed by atoms with Crippen molar-refractivity contribution >= 4 is 123 Å². The summed E-state index contributed by atoms with van der Waals surface area (Å²) < 4.78 is 179. The second kappa shape index (κ2) is 30.6. The zero-order valence-corrected chi connectivity index (χ0v) is 77.7. The first-order valence-electron chi connectivity index (χ1n) is 54.4. The highest BCUT2D eigenvalue weighted by Gasteiger charge is 2.47. The summed E-state index contributed by atoms with van der Waals surface area (Å²) in [7, 11) is 0. The number of para-hydroxylation sites is 2. The molecule has 0 fully saturated rings. The van der Waals surface area contributed by atoms with Gasteiger partial charge in [-0.25, -0.2) is 15.0 Å². The van der Waals surface area contributed by atoms with E-state index in [4.69, 9.17) is 17.7 Å². The lowest BCUT2D eigenvalue weighted by atomic mass is 9.33. The summed E-state index contributed by atoms with van der Waals surface area (Å²) in [4.78, 5) is 20.5. The zero-order valence-electron chi connectivity index (χ0n) is 95.7. The van der Waals surface area contributed by atoms with Crippen LogP contribution in [0.4, 0.5) is 34.1 Å². The minimum Gasteiger partial charge on any atom is -0.310 e. The summed E-state index contributed by atoms with van der Waals surface area (Å²) in [6.45, 7) is 38.8. The maximum absolute atomic E-state index is 10.2. The van der Waals surface area contributed by atoms with Gasteiger partial charge in [-0.3, -0.25) is 0 Å². The van der Waals surface area contributed by atoms with Gasteiger partial charge in [0.1, 0.15) is 0 Å². The summed E-state index contributed by atoms with van der Waals surface area (Å²) in [6, 6.07) is 72.1. The van der Waals surface area contributed by atoms with Gasteiger partial charge in [0.2, 0.25) is 0 Å². The van der Waals surface area contributed by atoms with Gasteiger partial charge in [-0.2, -0.15) is 0 Å². The van der Waals surface area contributed by atoms with Gasteiger partial charge in [0, 0.05) is 99.8 Å². The van der Waals surface area contributed by atoms with Gasteiger partial charge in [0.25, 0.3) is 6.71 Å². The molecule has 0 spiro atoms. The number of aromatic nitrogens is 6. The van der Waals surface area contributed by atoms with Crippen LogP contribution in [0.5, 0.6) is 0 Å². The number of anilines is 6. The Kier molecular flexibility index (Phi) is 15.1. The topological polar surface area (TPSA) is 59.9 Å². The van der Waals surface area contributed by atoms with Crippen molar-refractivity contribution in [3.8, 4) is 84.6 Å². The third kappa shape index (κ3) is 14.0. The Morgan fingerprint density at radius 3 is 0.879 bits per heavy atom. The summed E-state index contributed by atoms with van der Waals surface area (Å²) >= 11 is 0.